The van der Waals surface area contributed by atoms with Crippen LogP contribution >= 0.6 is 11.6 Å². The van der Waals surface area contributed by atoms with Crippen LogP contribution in [-0.4, -0.2) is 34.4 Å². The molecule has 0 atom stereocenters. The van der Waals surface area contributed by atoms with E-state index in [-0.39, 0.29) is 11.8 Å². The first-order valence-electron chi connectivity index (χ1n) is 8.88. The minimum atomic E-state index is -0.677. The number of benzene rings is 1. The number of anilines is 1. The van der Waals surface area contributed by atoms with Crippen LogP contribution in [0.5, 0.6) is 0 Å². The fourth-order valence-electron chi connectivity index (χ4n) is 3.43. The lowest BCUT2D eigenvalue weighted by Crippen LogP contribution is -2.34. The van der Waals surface area contributed by atoms with Crippen LogP contribution in [0.15, 0.2) is 29.4 Å². The third kappa shape index (κ3) is 4.05. The van der Waals surface area contributed by atoms with E-state index in [1.165, 1.54) is 0 Å². The van der Waals surface area contributed by atoms with Crippen LogP contribution in [-0.2, 0) is 0 Å². The minimum absolute atomic E-state index is 0.252. The number of fused-ring (bicyclic) bond motifs is 1. The van der Waals surface area contributed by atoms with E-state index in [2.05, 4.69) is 15.3 Å². The van der Waals surface area contributed by atoms with Gasteiger partial charge in [0.05, 0.1) is 27.4 Å². The van der Waals surface area contributed by atoms with Gasteiger partial charge in [-0.1, -0.05) is 11.6 Å². The lowest BCUT2D eigenvalue weighted by Gasteiger charge is -2.32. The summed E-state index contributed by atoms with van der Waals surface area (Å²) in [5.74, 6) is -0.0210. The van der Waals surface area contributed by atoms with Crippen molar-refractivity contribution in [3.8, 4) is 0 Å². The van der Waals surface area contributed by atoms with Gasteiger partial charge in [-0.2, -0.15) is 0 Å². The molecule has 0 saturated heterocycles. The predicted octanol–water partition coefficient (Wildman–Crippen LogP) is 4.47. The predicted molar refractivity (Wildman–Crippen MR) is 106 cm³/mol. The van der Waals surface area contributed by atoms with Gasteiger partial charge in [0.25, 0.3) is 5.91 Å². The van der Waals surface area contributed by atoms with Crippen molar-refractivity contribution in [1.82, 2.24) is 4.98 Å². The van der Waals surface area contributed by atoms with Crippen molar-refractivity contribution < 1.29 is 9.90 Å². The molecule has 0 radical (unpaired) electrons. The van der Waals surface area contributed by atoms with Crippen molar-refractivity contribution in [2.75, 3.05) is 12.4 Å². The summed E-state index contributed by atoms with van der Waals surface area (Å²) >= 11 is 6.22. The second-order valence-corrected chi connectivity index (χ2v) is 7.82. The molecule has 1 aliphatic carbocycles. The molecule has 0 aliphatic heterocycles. The molecular formula is C20H24ClN3O2. The van der Waals surface area contributed by atoms with E-state index in [0.29, 0.717) is 10.6 Å². The zero-order chi connectivity index (χ0) is 18.9. The van der Waals surface area contributed by atoms with Gasteiger partial charge in [-0.15, -0.1) is 0 Å². The molecule has 1 saturated carbocycles. The first-order chi connectivity index (χ1) is 12.3. The molecule has 2 aromatic rings. The highest BCUT2D eigenvalue weighted by atomic mass is 35.5. The number of hydrogen-bond acceptors (Lipinski definition) is 4. The maximum absolute atomic E-state index is 12.5. The molecule has 3 rings (SSSR count). The van der Waals surface area contributed by atoms with Gasteiger partial charge < -0.3 is 10.4 Å². The number of carbonyl (C=O) groups is 1. The number of nitrogens with zero attached hydrogens (tertiary/aromatic N) is 2. The molecule has 0 spiro atoms. The smallest absolute Gasteiger partial charge is 0.278 e. The second kappa shape index (κ2) is 7.33. The number of pyridine rings is 1. The lowest BCUT2D eigenvalue weighted by molar-refractivity contribution is 0.00851. The fraction of sp³-hybridized carbons (Fsp3) is 0.450. The third-order valence-corrected chi connectivity index (χ3v) is 5.42. The first kappa shape index (κ1) is 18.8. The molecule has 1 fully saturated rings. The molecule has 0 unspecified atom stereocenters. The Bertz CT molecular complexity index is 861. The van der Waals surface area contributed by atoms with Gasteiger partial charge in [-0.3, -0.25) is 9.78 Å². The molecule has 138 valence electrons. The van der Waals surface area contributed by atoms with Crippen LogP contribution in [0.1, 0.15) is 49.9 Å². The van der Waals surface area contributed by atoms with Gasteiger partial charge in [0.1, 0.15) is 0 Å². The Balaban J connectivity index is 1.78. The van der Waals surface area contributed by atoms with E-state index in [4.69, 9.17) is 11.6 Å². The second-order valence-electron chi connectivity index (χ2n) is 7.41. The number of aliphatic imine (C=N–C) groups is 1. The maximum Gasteiger partial charge on any atom is 0.278 e. The molecule has 1 aromatic heterocycles. The normalized spacial score (nSPS) is 18.0. The summed E-state index contributed by atoms with van der Waals surface area (Å²) in [6, 6.07) is 5.44. The molecule has 1 aromatic carbocycles. The minimum Gasteiger partial charge on any atom is -0.390 e. The molecule has 26 heavy (non-hydrogen) atoms. The Hall–Kier alpha value is -1.98. The molecule has 1 aliphatic rings. The summed E-state index contributed by atoms with van der Waals surface area (Å²) < 4.78 is 0. The monoisotopic (exact) mass is 373 g/mol. The van der Waals surface area contributed by atoms with Gasteiger partial charge in [0, 0.05) is 24.3 Å². The molecule has 1 amide bonds. The van der Waals surface area contributed by atoms with Gasteiger partial charge >= 0.3 is 0 Å². The highest BCUT2D eigenvalue weighted by Crippen LogP contribution is 2.31. The number of halogens is 1. The summed E-state index contributed by atoms with van der Waals surface area (Å²) in [5.41, 5.74) is 2.26. The lowest BCUT2D eigenvalue weighted by atomic mass is 9.78. The highest BCUT2D eigenvalue weighted by Gasteiger charge is 2.30. The van der Waals surface area contributed by atoms with E-state index >= 15 is 0 Å². The number of carbonyl (C=O) groups excluding carboxylic acids is 1. The van der Waals surface area contributed by atoms with Crippen LogP contribution in [0.3, 0.4) is 0 Å². The van der Waals surface area contributed by atoms with E-state index in [9.17, 15) is 9.90 Å². The van der Waals surface area contributed by atoms with Gasteiger partial charge in [-0.25, -0.2) is 4.99 Å². The summed E-state index contributed by atoms with van der Waals surface area (Å²) in [6.07, 6.45) is 4.77. The Morgan fingerprint density at radius 2 is 2.00 bits per heavy atom. The third-order valence-electron chi connectivity index (χ3n) is 5.11. The summed E-state index contributed by atoms with van der Waals surface area (Å²) in [7, 11) is 1.80. The first-order valence-corrected chi connectivity index (χ1v) is 9.26. The van der Waals surface area contributed by atoms with Crippen molar-refractivity contribution in [3.05, 3.63) is 35.0 Å². The van der Waals surface area contributed by atoms with Crippen molar-refractivity contribution >= 4 is 39.8 Å². The van der Waals surface area contributed by atoms with Gasteiger partial charge in [0.15, 0.2) is 0 Å². The van der Waals surface area contributed by atoms with E-state index in [1.54, 1.807) is 25.4 Å². The SMILES string of the molecule is CNc1cc2ncc(C(=O)N=C3CCC(C(C)(C)O)CC3)cc2cc1Cl. The number of hydrogen-bond donors (Lipinski definition) is 2. The van der Waals surface area contributed by atoms with E-state index in [0.717, 1.165) is 48.0 Å². The quantitative estimate of drug-likeness (QED) is 0.832. The van der Waals surface area contributed by atoms with E-state index in [1.807, 2.05) is 19.9 Å². The average Bonchev–Trinajstić information content (AvgIpc) is 2.60. The largest absolute Gasteiger partial charge is 0.390 e. The number of rotatable bonds is 3. The Morgan fingerprint density at radius 1 is 1.31 bits per heavy atom. The molecule has 0 bridgehead atoms. The maximum atomic E-state index is 12.5. The Kier molecular flexibility index (Phi) is 5.30. The molecule has 6 heteroatoms. The molecule has 1 heterocycles. The topological polar surface area (TPSA) is 74.6 Å². The van der Waals surface area contributed by atoms with Crippen LogP contribution in [0, 0.1) is 5.92 Å². The van der Waals surface area contributed by atoms with Crippen LogP contribution in [0.2, 0.25) is 5.02 Å². The number of aliphatic hydroxyl groups is 1. The van der Waals surface area contributed by atoms with Crippen molar-refractivity contribution in [3.63, 3.8) is 0 Å². The number of nitrogens with one attached hydrogen (secondary N) is 1. The zero-order valence-corrected chi connectivity index (χ0v) is 16.1. The van der Waals surface area contributed by atoms with Gasteiger partial charge in [0.2, 0.25) is 0 Å². The summed E-state index contributed by atoms with van der Waals surface area (Å²) in [5, 5.41) is 14.5. The summed E-state index contributed by atoms with van der Waals surface area (Å²) in [6.45, 7) is 3.69. The van der Waals surface area contributed by atoms with Crippen molar-refractivity contribution in [2.45, 2.75) is 45.1 Å². The Morgan fingerprint density at radius 3 is 2.62 bits per heavy atom. The van der Waals surface area contributed by atoms with Crippen LogP contribution in [0.4, 0.5) is 5.69 Å². The summed E-state index contributed by atoms with van der Waals surface area (Å²) in [4.78, 5) is 21.2. The van der Waals surface area contributed by atoms with Crippen LogP contribution in [0.25, 0.3) is 10.9 Å². The fourth-order valence-corrected chi connectivity index (χ4v) is 3.70. The standard InChI is InChI=1S/C20H24ClN3O2/c1-20(2,26)14-4-6-15(7-5-14)24-19(25)13-8-12-9-16(21)18(22-3)10-17(12)23-11-13/h8-11,14,22,26H,4-7H2,1-3H3. The van der Waals surface area contributed by atoms with Crippen molar-refractivity contribution in [1.29, 1.82) is 0 Å². The highest BCUT2D eigenvalue weighted by molar-refractivity contribution is 6.34. The van der Waals surface area contributed by atoms with Gasteiger partial charge in [-0.05, 0) is 63.6 Å². The van der Waals surface area contributed by atoms with Crippen molar-refractivity contribution in [2.24, 2.45) is 10.9 Å². The van der Waals surface area contributed by atoms with E-state index < -0.39 is 5.60 Å². The number of aromatic nitrogens is 1. The molecule has 2 N–H and O–H groups in total. The Labute approximate surface area is 158 Å². The zero-order valence-electron chi connectivity index (χ0n) is 15.3. The average molecular weight is 374 g/mol. The molecule has 5 nitrogen and oxygen atoms in total. The van der Waals surface area contributed by atoms with Crippen LogP contribution < -0.4 is 5.32 Å². The molecular weight excluding hydrogens is 350 g/mol. The number of amides is 1.